The van der Waals surface area contributed by atoms with Crippen LogP contribution in [0, 0.1) is 5.82 Å². The maximum absolute atomic E-state index is 13.7. The minimum atomic E-state index is -0.660. The second kappa shape index (κ2) is 7.09. The number of esters is 1. The van der Waals surface area contributed by atoms with E-state index in [9.17, 15) is 14.0 Å². The third kappa shape index (κ3) is 3.97. The predicted molar refractivity (Wildman–Crippen MR) is 83.2 cm³/mol. The number of hydrogen-bond acceptors (Lipinski definition) is 4. The first-order chi connectivity index (χ1) is 10.9. The molecule has 2 rings (SSSR count). The van der Waals surface area contributed by atoms with Crippen molar-refractivity contribution in [3.05, 3.63) is 63.3 Å². The van der Waals surface area contributed by atoms with Crippen molar-refractivity contribution < 1.29 is 18.7 Å². The highest BCUT2D eigenvalue weighted by atomic mass is 19.1. The topological polar surface area (TPSA) is 68.4 Å². The van der Waals surface area contributed by atoms with Crippen LogP contribution < -0.4 is 10.3 Å². The molecule has 0 saturated heterocycles. The van der Waals surface area contributed by atoms with Gasteiger partial charge < -0.3 is 14.5 Å². The summed E-state index contributed by atoms with van der Waals surface area (Å²) in [7, 11) is 1.37. The van der Waals surface area contributed by atoms with Crippen molar-refractivity contribution in [1.29, 1.82) is 0 Å². The van der Waals surface area contributed by atoms with Crippen molar-refractivity contribution >= 4 is 5.97 Å². The van der Waals surface area contributed by atoms with Gasteiger partial charge in [-0.25, -0.2) is 9.18 Å². The first-order valence-corrected chi connectivity index (χ1v) is 7.22. The Hall–Kier alpha value is -2.63. The molecular formula is C17H18FNO4. The number of benzene rings is 1. The van der Waals surface area contributed by atoms with Crippen LogP contribution in [0.3, 0.4) is 0 Å². The monoisotopic (exact) mass is 319 g/mol. The molecule has 1 N–H and O–H groups in total. The lowest BCUT2D eigenvalue weighted by molar-refractivity contribution is 0.0336. The zero-order valence-electron chi connectivity index (χ0n) is 13.2. The number of ether oxygens (including phenoxy) is 2. The van der Waals surface area contributed by atoms with E-state index in [2.05, 4.69) is 4.98 Å². The normalized spacial score (nSPS) is 11.8. The van der Waals surface area contributed by atoms with Crippen LogP contribution in [0.15, 0.2) is 35.1 Å². The van der Waals surface area contributed by atoms with Gasteiger partial charge in [0, 0.05) is 11.8 Å². The molecule has 0 fully saturated rings. The number of pyridine rings is 1. The van der Waals surface area contributed by atoms with Gasteiger partial charge in [0.05, 0.1) is 12.7 Å². The lowest BCUT2D eigenvalue weighted by atomic mass is 10.1. The van der Waals surface area contributed by atoms with Gasteiger partial charge >= 0.3 is 5.97 Å². The number of carbonyl (C=O) groups excluding carboxylic acids is 1. The summed E-state index contributed by atoms with van der Waals surface area (Å²) >= 11 is 0. The van der Waals surface area contributed by atoms with E-state index in [1.807, 2.05) is 6.92 Å². The number of carbonyl (C=O) groups is 1. The molecule has 0 unspecified atom stereocenters. The van der Waals surface area contributed by atoms with Crippen molar-refractivity contribution in [2.24, 2.45) is 0 Å². The van der Waals surface area contributed by atoms with Gasteiger partial charge in [-0.2, -0.15) is 0 Å². The zero-order chi connectivity index (χ0) is 17.0. The number of nitrogens with one attached hydrogen (secondary N) is 1. The molecule has 0 aliphatic carbocycles. The number of H-pyrrole nitrogens is 1. The van der Waals surface area contributed by atoms with Gasteiger partial charge in [0.15, 0.2) is 11.6 Å². The van der Waals surface area contributed by atoms with Crippen molar-refractivity contribution in [3.63, 3.8) is 0 Å². The van der Waals surface area contributed by atoms with Crippen molar-refractivity contribution in [1.82, 2.24) is 4.98 Å². The number of methoxy groups -OCH3 is 1. The van der Waals surface area contributed by atoms with Crippen molar-refractivity contribution in [2.75, 3.05) is 7.11 Å². The third-order valence-electron chi connectivity index (χ3n) is 3.45. The number of aryl methyl sites for hydroxylation is 1. The average molecular weight is 319 g/mol. The molecule has 1 heterocycles. The molecule has 23 heavy (non-hydrogen) atoms. The van der Waals surface area contributed by atoms with E-state index in [-0.39, 0.29) is 16.9 Å². The van der Waals surface area contributed by atoms with Gasteiger partial charge in [0.2, 0.25) is 5.56 Å². The number of halogens is 1. The summed E-state index contributed by atoms with van der Waals surface area (Å²) in [6, 6.07) is 7.10. The highest BCUT2D eigenvalue weighted by Crippen LogP contribution is 2.24. The van der Waals surface area contributed by atoms with Crippen LogP contribution in [0.1, 0.15) is 41.6 Å². The van der Waals surface area contributed by atoms with Gasteiger partial charge in [-0.1, -0.05) is 13.0 Å². The van der Waals surface area contributed by atoms with Crippen molar-refractivity contribution in [3.8, 4) is 5.75 Å². The molecule has 0 aliphatic heterocycles. The molecule has 1 aromatic heterocycles. The molecule has 122 valence electrons. The maximum atomic E-state index is 13.7. The van der Waals surface area contributed by atoms with E-state index in [0.29, 0.717) is 17.7 Å². The average Bonchev–Trinajstić information content (AvgIpc) is 2.53. The quantitative estimate of drug-likeness (QED) is 0.860. The molecule has 0 aliphatic rings. The Balaban J connectivity index is 2.18. The maximum Gasteiger partial charge on any atom is 0.338 e. The molecule has 0 radical (unpaired) electrons. The Kier molecular flexibility index (Phi) is 5.16. The molecule has 0 bridgehead atoms. The first-order valence-electron chi connectivity index (χ1n) is 7.22. The molecular weight excluding hydrogens is 301 g/mol. The molecule has 1 aromatic carbocycles. The van der Waals surface area contributed by atoms with E-state index >= 15 is 0 Å². The Bertz CT molecular complexity index is 769. The summed E-state index contributed by atoms with van der Waals surface area (Å²) in [6.07, 6.45) is -0.0671. The molecule has 0 amide bonds. The summed E-state index contributed by atoms with van der Waals surface area (Å²) in [5, 5.41) is 0. The Labute approximate surface area is 133 Å². The third-order valence-corrected chi connectivity index (χ3v) is 3.45. The second-order valence-electron chi connectivity index (χ2n) is 5.05. The van der Waals surface area contributed by atoms with Gasteiger partial charge in [0.25, 0.3) is 0 Å². The zero-order valence-corrected chi connectivity index (χ0v) is 13.2. The molecule has 0 spiro atoms. The summed E-state index contributed by atoms with van der Waals surface area (Å²) in [4.78, 5) is 26.3. The fourth-order valence-corrected chi connectivity index (χ4v) is 2.14. The van der Waals surface area contributed by atoms with Crippen LogP contribution in [0.25, 0.3) is 0 Å². The molecule has 6 heteroatoms. The van der Waals surface area contributed by atoms with Crippen LogP contribution in [0.2, 0.25) is 0 Å². The minimum absolute atomic E-state index is 0.120. The highest BCUT2D eigenvalue weighted by molar-refractivity contribution is 5.89. The lowest BCUT2D eigenvalue weighted by Gasteiger charge is -2.14. The standard InChI is InChI=1S/C17H18FNO4/c1-4-13-7-12(9-16(20)19-13)17(21)23-10(2)11-5-6-15(22-3)14(18)8-11/h5-10H,4H2,1-3H3,(H,19,20)/t10-/m1/s1. The van der Waals surface area contributed by atoms with E-state index in [0.717, 1.165) is 0 Å². The number of hydrogen-bond donors (Lipinski definition) is 1. The van der Waals surface area contributed by atoms with Crippen LogP contribution >= 0.6 is 0 Å². The number of aromatic amines is 1. The Morgan fingerprint density at radius 1 is 1.30 bits per heavy atom. The van der Waals surface area contributed by atoms with E-state index in [1.165, 1.54) is 25.3 Å². The number of rotatable bonds is 5. The summed E-state index contributed by atoms with van der Waals surface area (Å²) in [5.41, 5.74) is 0.954. The van der Waals surface area contributed by atoms with Crippen LogP contribution in [0.5, 0.6) is 5.75 Å². The van der Waals surface area contributed by atoms with Crippen LogP contribution in [-0.4, -0.2) is 18.1 Å². The fourth-order valence-electron chi connectivity index (χ4n) is 2.14. The molecule has 5 nitrogen and oxygen atoms in total. The van der Waals surface area contributed by atoms with E-state index in [1.54, 1.807) is 19.1 Å². The molecule has 0 saturated carbocycles. The SMILES string of the molecule is CCc1cc(C(=O)O[C@H](C)c2ccc(OC)c(F)c2)cc(=O)[nH]1. The van der Waals surface area contributed by atoms with Gasteiger partial charge in [-0.3, -0.25) is 4.79 Å². The number of aromatic nitrogens is 1. The summed E-state index contributed by atoms with van der Waals surface area (Å²) in [6.45, 7) is 3.50. The van der Waals surface area contributed by atoms with Crippen LogP contribution in [-0.2, 0) is 11.2 Å². The fraction of sp³-hybridized carbons (Fsp3) is 0.294. The smallest absolute Gasteiger partial charge is 0.338 e. The van der Waals surface area contributed by atoms with Gasteiger partial charge in [-0.05, 0) is 37.1 Å². The largest absolute Gasteiger partial charge is 0.494 e. The van der Waals surface area contributed by atoms with E-state index < -0.39 is 17.9 Å². The summed E-state index contributed by atoms with van der Waals surface area (Å²) < 4.78 is 23.9. The van der Waals surface area contributed by atoms with Gasteiger partial charge in [-0.15, -0.1) is 0 Å². The molecule has 2 aromatic rings. The Morgan fingerprint density at radius 2 is 2.04 bits per heavy atom. The first kappa shape index (κ1) is 16.7. The lowest BCUT2D eigenvalue weighted by Crippen LogP contribution is -2.15. The predicted octanol–water partition coefficient (Wildman–Crippen LogP) is 3.00. The highest BCUT2D eigenvalue weighted by Gasteiger charge is 2.16. The Morgan fingerprint density at radius 3 is 2.65 bits per heavy atom. The van der Waals surface area contributed by atoms with Gasteiger partial charge in [0.1, 0.15) is 6.10 Å². The molecule has 1 atom stereocenters. The van der Waals surface area contributed by atoms with Crippen molar-refractivity contribution in [2.45, 2.75) is 26.4 Å². The summed E-state index contributed by atoms with van der Waals surface area (Å²) in [5.74, 6) is -1.04. The van der Waals surface area contributed by atoms with Crippen LogP contribution in [0.4, 0.5) is 4.39 Å². The second-order valence-corrected chi connectivity index (χ2v) is 5.05. The van der Waals surface area contributed by atoms with E-state index in [4.69, 9.17) is 9.47 Å². The minimum Gasteiger partial charge on any atom is -0.494 e.